The minimum absolute atomic E-state index is 0.403. The van der Waals surface area contributed by atoms with Gasteiger partial charge in [-0.25, -0.2) is 0 Å². The number of aromatic amines is 1. The molecule has 0 spiro atoms. The maximum Gasteiger partial charge on any atom is 0.174 e. The number of aromatic nitrogens is 4. The summed E-state index contributed by atoms with van der Waals surface area (Å²) >= 11 is 0. The number of hydrogen-bond donors (Lipinski definition) is 1. The van der Waals surface area contributed by atoms with Crippen LogP contribution >= 0.6 is 0 Å². The molecule has 1 fully saturated rings. The number of likely N-dealkylation sites (tertiary alicyclic amines) is 1. The summed E-state index contributed by atoms with van der Waals surface area (Å²) in [5.41, 5.74) is 5.88. The Labute approximate surface area is 178 Å². The molecular formula is C25H29N5. The number of H-pyrrole nitrogens is 1. The predicted octanol–water partition coefficient (Wildman–Crippen LogP) is 4.46. The highest BCUT2D eigenvalue weighted by Gasteiger charge is 2.28. The first-order valence-electron chi connectivity index (χ1n) is 11.2. The molecular weight excluding hydrogens is 370 g/mol. The van der Waals surface area contributed by atoms with E-state index in [4.69, 9.17) is 0 Å². The normalized spacial score (nSPS) is 21.5. The van der Waals surface area contributed by atoms with Crippen LogP contribution in [0.15, 0.2) is 60.2 Å². The van der Waals surface area contributed by atoms with E-state index >= 15 is 0 Å². The summed E-state index contributed by atoms with van der Waals surface area (Å²) in [4.78, 5) is 2.63. The predicted molar refractivity (Wildman–Crippen MR) is 120 cm³/mol. The molecule has 1 aliphatic heterocycles. The summed E-state index contributed by atoms with van der Waals surface area (Å²) in [7, 11) is 0. The molecule has 2 aliphatic carbocycles. The summed E-state index contributed by atoms with van der Waals surface area (Å²) in [6, 6.07) is 8.93. The minimum atomic E-state index is 0.403. The van der Waals surface area contributed by atoms with Crippen LogP contribution in [-0.2, 0) is 6.42 Å². The van der Waals surface area contributed by atoms with Crippen LogP contribution in [-0.4, -0.2) is 45.2 Å². The Hall–Kier alpha value is -2.79. The number of allylic oxidation sites excluding steroid dienone is 7. The van der Waals surface area contributed by atoms with Crippen molar-refractivity contribution in [3.63, 3.8) is 0 Å². The Bertz CT molecular complexity index is 975. The van der Waals surface area contributed by atoms with Gasteiger partial charge in [-0.15, -0.1) is 10.2 Å². The standard InChI is InChI=1S/C25H29N5/c1-3-9-22-19(7-1)12-13-20-8-2-4-10-23(20)25(22)21-14-17-30(18-15-21)16-6-5-11-24-26-28-29-27-24/h1-4,7-10,12-13,19,21H,5-6,11,14-18H2,(H,26,27,28,29). The SMILES string of the molecule is C1=CC2=C(C3CCN(CCCCc4nn[nH]n4)CC3)c3ccccc3C=CC2C=C1. The summed E-state index contributed by atoms with van der Waals surface area (Å²) in [6.07, 6.45) is 19.4. The molecule has 30 heavy (non-hydrogen) atoms. The lowest BCUT2D eigenvalue weighted by Crippen LogP contribution is -2.35. The highest BCUT2D eigenvalue weighted by Crippen LogP contribution is 2.42. The molecule has 0 radical (unpaired) electrons. The first kappa shape index (κ1) is 19.2. The van der Waals surface area contributed by atoms with Gasteiger partial charge in [-0.2, -0.15) is 5.21 Å². The van der Waals surface area contributed by atoms with Crippen LogP contribution in [0.4, 0.5) is 0 Å². The van der Waals surface area contributed by atoms with Gasteiger partial charge >= 0.3 is 0 Å². The third-order valence-electron chi connectivity index (χ3n) is 6.62. The first-order valence-corrected chi connectivity index (χ1v) is 11.2. The second kappa shape index (κ2) is 8.92. The van der Waals surface area contributed by atoms with Crippen molar-refractivity contribution in [2.45, 2.75) is 32.1 Å². The molecule has 1 unspecified atom stereocenters. The molecule has 1 aromatic carbocycles. The van der Waals surface area contributed by atoms with Gasteiger partial charge < -0.3 is 4.90 Å². The zero-order valence-corrected chi connectivity index (χ0v) is 17.4. The molecule has 5 rings (SSSR count). The summed E-state index contributed by atoms with van der Waals surface area (Å²) in [5, 5.41) is 14.2. The Balaban J connectivity index is 1.25. The maximum atomic E-state index is 4.04. The number of nitrogens with one attached hydrogen (secondary N) is 1. The second-order valence-corrected chi connectivity index (χ2v) is 8.49. The van der Waals surface area contributed by atoms with Crippen molar-refractivity contribution in [2.75, 3.05) is 19.6 Å². The molecule has 154 valence electrons. The van der Waals surface area contributed by atoms with Crippen LogP contribution in [0.1, 0.15) is 42.6 Å². The summed E-state index contributed by atoms with van der Waals surface area (Å²) in [5.74, 6) is 1.86. The van der Waals surface area contributed by atoms with E-state index in [-0.39, 0.29) is 0 Å². The molecule has 1 atom stereocenters. The maximum absolute atomic E-state index is 4.04. The fourth-order valence-corrected chi connectivity index (χ4v) is 5.05. The molecule has 2 heterocycles. The molecule has 5 heteroatoms. The highest BCUT2D eigenvalue weighted by atomic mass is 15.5. The van der Waals surface area contributed by atoms with E-state index in [1.54, 1.807) is 5.57 Å². The fraction of sp³-hybridized carbons (Fsp3) is 0.400. The van der Waals surface area contributed by atoms with Crippen molar-refractivity contribution in [3.8, 4) is 0 Å². The van der Waals surface area contributed by atoms with Crippen molar-refractivity contribution in [1.29, 1.82) is 0 Å². The van der Waals surface area contributed by atoms with Gasteiger partial charge in [-0.05, 0) is 73.5 Å². The molecule has 1 N–H and O–H groups in total. The van der Waals surface area contributed by atoms with Crippen molar-refractivity contribution >= 4 is 11.6 Å². The van der Waals surface area contributed by atoms with Gasteiger partial charge in [0.1, 0.15) is 0 Å². The van der Waals surface area contributed by atoms with Crippen LogP contribution in [0.3, 0.4) is 0 Å². The zero-order valence-electron chi connectivity index (χ0n) is 17.4. The van der Waals surface area contributed by atoms with Gasteiger partial charge in [-0.1, -0.05) is 65.9 Å². The lowest BCUT2D eigenvalue weighted by atomic mass is 9.78. The van der Waals surface area contributed by atoms with Crippen LogP contribution < -0.4 is 0 Å². The van der Waals surface area contributed by atoms with Crippen molar-refractivity contribution in [1.82, 2.24) is 25.5 Å². The summed E-state index contributed by atoms with van der Waals surface area (Å²) < 4.78 is 0. The van der Waals surface area contributed by atoms with Gasteiger partial charge in [0.15, 0.2) is 5.82 Å². The molecule has 1 aromatic heterocycles. The largest absolute Gasteiger partial charge is 0.303 e. The van der Waals surface area contributed by atoms with E-state index in [1.165, 1.54) is 55.6 Å². The topological polar surface area (TPSA) is 57.7 Å². The van der Waals surface area contributed by atoms with E-state index in [0.29, 0.717) is 11.8 Å². The quantitative estimate of drug-likeness (QED) is 0.729. The van der Waals surface area contributed by atoms with E-state index in [9.17, 15) is 0 Å². The molecule has 2 aromatic rings. The number of piperidine rings is 1. The number of benzene rings is 1. The van der Waals surface area contributed by atoms with Gasteiger partial charge in [0.25, 0.3) is 0 Å². The fourth-order valence-electron chi connectivity index (χ4n) is 5.05. The van der Waals surface area contributed by atoms with E-state index < -0.39 is 0 Å². The van der Waals surface area contributed by atoms with E-state index in [2.05, 4.69) is 86.2 Å². The van der Waals surface area contributed by atoms with Gasteiger partial charge in [0.2, 0.25) is 0 Å². The molecule has 0 bridgehead atoms. The average molecular weight is 400 g/mol. The van der Waals surface area contributed by atoms with Gasteiger partial charge in [0, 0.05) is 12.3 Å². The second-order valence-electron chi connectivity index (χ2n) is 8.49. The van der Waals surface area contributed by atoms with Crippen LogP contribution in [0.2, 0.25) is 0 Å². The minimum Gasteiger partial charge on any atom is -0.303 e. The van der Waals surface area contributed by atoms with Gasteiger partial charge in [-0.3, -0.25) is 0 Å². The number of nitrogens with zero attached hydrogens (tertiary/aromatic N) is 4. The Morgan fingerprint density at radius 1 is 1.00 bits per heavy atom. The molecule has 0 amide bonds. The number of unbranched alkanes of at least 4 members (excludes halogenated alkanes) is 1. The highest BCUT2D eigenvalue weighted by molar-refractivity contribution is 5.82. The lowest BCUT2D eigenvalue weighted by molar-refractivity contribution is 0.203. The number of hydrogen-bond acceptors (Lipinski definition) is 4. The number of aryl methyl sites for hydroxylation is 1. The smallest absolute Gasteiger partial charge is 0.174 e. The van der Waals surface area contributed by atoms with E-state index in [1.807, 2.05) is 0 Å². The zero-order chi connectivity index (χ0) is 20.2. The Kier molecular flexibility index (Phi) is 5.71. The monoisotopic (exact) mass is 399 g/mol. The summed E-state index contributed by atoms with van der Waals surface area (Å²) in [6.45, 7) is 3.53. The molecule has 3 aliphatic rings. The number of tetrazole rings is 1. The molecule has 1 saturated heterocycles. The number of fused-ring (bicyclic) bond motifs is 2. The van der Waals surface area contributed by atoms with Crippen LogP contribution in [0, 0.1) is 11.8 Å². The Morgan fingerprint density at radius 2 is 1.90 bits per heavy atom. The van der Waals surface area contributed by atoms with Crippen LogP contribution in [0.5, 0.6) is 0 Å². The average Bonchev–Trinajstić information content (AvgIpc) is 3.25. The Morgan fingerprint density at radius 3 is 2.77 bits per heavy atom. The number of rotatable bonds is 6. The third kappa shape index (κ3) is 4.08. The first-order chi connectivity index (χ1) is 14.9. The van der Waals surface area contributed by atoms with E-state index in [0.717, 1.165) is 18.7 Å². The third-order valence-corrected chi connectivity index (χ3v) is 6.62. The molecule has 5 nitrogen and oxygen atoms in total. The lowest BCUT2D eigenvalue weighted by Gasteiger charge is -2.35. The van der Waals surface area contributed by atoms with Crippen molar-refractivity contribution in [2.24, 2.45) is 11.8 Å². The van der Waals surface area contributed by atoms with Gasteiger partial charge in [0.05, 0.1) is 0 Å². The van der Waals surface area contributed by atoms with Crippen LogP contribution in [0.25, 0.3) is 11.6 Å². The molecule has 0 saturated carbocycles. The van der Waals surface area contributed by atoms with Crippen molar-refractivity contribution in [3.05, 3.63) is 77.2 Å². The van der Waals surface area contributed by atoms with Crippen molar-refractivity contribution < 1.29 is 0 Å².